The lowest BCUT2D eigenvalue weighted by Gasteiger charge is -2.50. The standard InChI is InChI=1S/C28H33Cl3N/c1-4-5-6-7-8-21-32(2,3)28(22-9-15-25(29)16-10-22,23-11-17-26(30)18-12-23)24-13-19-27(31)20-14-24/h9-20H,4-8,21H2,1-3H3/q+1. The van der Waals surface area contributed by atoms with Crippen molar-refractivity contribution in [1.29, 1.82) is 0 Å². The third-order valence-electron chi connectivity index (χ3n) is 6.51. The van der Waals surface area contributed by atoms with E-state index in [2.05, 4.69) is 57.4 Å². The molecule has 0 spiro atoms. The highest BCUT2D eigenvalue weighted by Crippen LogP contribution is 2.46. The maximum Gasteiger partial charge on any atom is 0.176 e. The van der Waals surface area contributed by atoms with Crippen molar-refractivity contribution >= 4 is 34.8 Å². The van der Waals surface area contributed by atoms with Gasteiger partial charge in [0.05, 0.1) is 20.6 Å². The first-order valence-corrected chi connectivity index (χ1v) is 12.6. The van der Waals surface area contributed by atoms with Crippen LogP contribution in [-0.2, 0) is 5.54 Å². The second-order valence-electron chi connectivity index (χ2n) is 9.05. The average Bonchev–Trinajstić information content (AvgIpc) is 2.77. The second-order valence-corrected chi connectivity index (χ2v) is 10.4. The first-order valence-electron chi connectivity index (χ1n) is 11.4. The lowest BCUT2D eigenvalue weighted by atomic mass is 9.74. The molecule has 0 unspecified atom stereocenters. The zero-order valence-electron chi connectivity index (χ0n) is 19.3. The summed E-state index contributed by atoms with van der Waals surface area (Å²) in [6, 6.07) is 24.8. The van der Waals surface area contributed by atoms with Crippen LogP contribution in [0.3, 0.4) is 0 Å². The SMILES string of the molecule is CCCCCCC[N+](C)(C)C(c1ccc(Cl)cc1)(c1ccc(Cl)cc1)c1ccc(Cl)cc1. The Morgan fingerprint density at radius 3 is 1.25 bits per heavy atom. The third-order valence-corrected chi connectivity index (χ3v) is 7.27. The number of benzene rings is 3. The van der Waals surface area contributed by atoms with E-state index in [0.29, 0.717) is 0 Å². The first kappa shape index (κ1) is 25.1. The minimum Gasteiger partial charge on any atom is -0.312 e. The van der Waals surface area contributed by atoms with Crippen molar-refractivity contribution in [2.45, 2.75) is 44.6 Å². The predicted octanol–water partition coefficient (Wildman–Crippen LogP) is 8.99. The van der Waals surface area contributed by atoms with Gasteiger partial charge in [0.2, 0.25) is 0 Å². The maximum atomic E-state index is 6.30. The van der Waals surface area contributed by atoms with Gasteiger partial charge < -0.3 is 4.48 Å². The van der Waals surface area contributed by atoms with E-state index in [9.17, 15) is 0 Å². The van der Waals surface area contributed by atoms with E-state index in [1.54, 1.807) is 0 Å². The number of hydrogen-bond donors (Lipinski definition) is 0. The van der Waals surface area contributed by atoms with Crippen LogP contribution < -0.4 is 0 Å². The van der Waals surface area contributed by atoms with Crippen molar-refractivity contribution in [2.24, 2.45) is 0 Å². The highest BCUT2D eigenvalue weighted by molar-refractivity contribution is 6.31. The highest BCUT2D eigenvalue weighted by atomic mass is 35.5. The minimum atomic E-state index is -0.440. The molecule has 0 saturated carbocycles. The molecule has 0 radical (unpaired) electrons. The number of halogens is 3. The van der Waals surface area contributed by atoms with Crippen LogP contribution in [0.15, 0.2) is 72.8 Å². The number of unbranched alkanes of at least 4 members (excludes halogenated alkanes) is 4. The van der Waals surface area contributed by atoms with Crippen molar-refractivity contribution in [3.63, 3.8) is 0 Å². The van der Waals surface area contributed by atoms with Crippen LogP contribution in [0.5, 0.6) is 0 Å². The Hall–Kier alpha value is -1.51. The van der Waals surface area contributed by atoms with Crippen LogP contribution in [0.1, 0.15) is 55.7 Å². The zero-order chi connectivity index (χ0) is 23.2. The number of nitrogens with zero attached hydrogens (tertiary/aromatic N) is 1. The summed E-state index contributed by atoms with van der Waals surface area (Å²) in [5, 5.41) is 2.21. The average molecular weight is 490 g/mol. The molecule has 0 N–H and O–H groups in total. The molecule has 170 valence electrons. The molecular weight excluding hydrogens is 457 g/mol. The molecule has 3 aromatic carbocycles. The number of rotatable bonds is 10. The van der Waals surface area contributed by atoms with Crippen molar-refractivity contribution < 1.29 is 4.48 Å². The lowest BCUT2D eigenvalue weighted by molar-refractivity contribution is -0.936. The fraction of sp³-hybridized carbons (Fsp3) is 0.357. The van der Waals surface area contributed by atoms with Gasteiger partial charge in [0.1, 0.15) is 0 Å². The summed E-state index contributed by atoms with van der Waals surface area (Å²) in [7, 11) is 4.66. The third kappa shape index (κ3) is 5.34. The monoisotopic (exact) mass is 488 g/mol. The maximum absolute atomic E-state index is 6.30. The van der Waals surface area contributed by atoms with Gasteiger partial charge in [0, 0.05) is 31.8 Å². The van der Waals surface area contributed by atoms with Gasteiger partial charge >= 0.3 is 0 Å². The van der Waals surface area contributed by atoms with Gasteiger partial charge in [0.25, 0.3) is 0 Å². The van der Waals surface area contributed by atoms with E-state index in [1.165, 1.54) is 48.8 Å². The van der Waals surface area contributed by atoms with Gasteiger partial charge in [-0.15, -0.1) is 0 Å². The predicted molar refractivity (Wildman–Crippen MR) is 140 cm³/mol. The molecule has 0 fully saturated rings. The van der Waals surface area contributed by atoms with E-state index < -0.39 is 5.54 Å². The summed E-state index contributed by atoms with van der Waals surface area (Å²) < 4.78 is 0.768. The van der Waals surface area contributed by atoms with Crippen LogP contribution in [-0.4, -0.2) is 25.1 Å². The Balaban J connectivity index is 2.21. The van der Waals surface area contributed by atoms with Gasteiger partial charge in [-0.25, -0.2) is 0 Å². The molecule has 0 aliphatic rings. The van der Waals surface area contributed by atoms with Gasteiger partial charge in [-0.2, -0.15) is 0 Å². The fourth-order valence-corrected chi connectivity index (χ4v) is 5.28. The van der Waals surface area contributed by atoms with Crippen LogP contribution in [0.2, 0.25) is 15.1 Å². The molecule has 1 nitrogen and oxygen atoms in total. The Bertz CT molecular complexity index is 866. The van der Waals surface area contributed by atoms with E-state index >= 15 is 0 Å². The quantitative estimate of drug-likeness (QED) is 0.151. The molecule has 0 amide bonds. The molecule has 32 heavy (non-hydrogen) atoms. The van der Waals surface area contributed by atoms with Crippen molar-refractivity contribution in [2.75, 3.05) is 20.6 Å². The van der Waals surface area contributed by atoms with Crippen molar-refractivity contribution in [3.8, 4) is 0 Å². The molecule has 0 aliphatic heterocycles. The summed E-state index contributed by atoms with van der Waals surface area (Å²) in [5.41, 5.74) is 3.16. The largest absolute Gasteiger partial charge is 0.312 e. The summed E-state index contributed by atoms with van der Waals surface area (Å²) in [4.78, 5) is 0. The minimum absolute atomic E-state index is 0.440. The van der Waals surface area contributed by atoms with E-state index in [4.69, 9.17) is 34.8 Å². The highest BCUT2D eigenvalue weighted by Gasteiger charge is 2.50. The summed E-state index contributed by atoms with van der Waals surface area (Å²) in [6.07, 6.45) is 6.25. The number of quaternary nitrogens is 1. The molecule has 0 aromatic heterocycles. The Kier molecular flexibility index (Phi) is 8.69. The van der Waals surface area contributed by atoms with Crippen LogP contribution in [0.4, 0.5) is 0 Å². The zero-order valence-corrected chi connectivity index (χ0v) is 21.5. The molecule has 0 atom stereocenters. The second kappa shape index (κ2) is 11.1. The molecule has 0 heterocycles. The number of hydrogen-bond acceptors (Lipinski definition) is 0. The molecule has 0 saturated heterocycles. The van der Waals surface area contributed by atoms with Gasteiger partial charge in [-0.3, -0.25) is 0 Å². The molecular formula is C28H33Cl3N+. The summed E-state index contributed by atoms with van der Waals surface area (Å²) >= 11 is 18.9. The van der Waals surface area contributed by atoms with E-state index in [-0.39, 0.29) is 0 Å². The smallest absolute Gasteiger partial charge is 0.176 e. The van der Waals surface area contributed by atoms with Gasteiger partial charge in [0.15, 0.2) is 5.54 Å². The Labute approximate surface area is 208 Å². The molecule has 3 rings (SSSR count). The summed E-state index contributed by atoms with van der Waals surface area (Å²) in [5.74, 6) is 0. The molecule has 0 bridgehead atoms. The van der Waals surface area contributed by atoms with Crippen LogP contribution in [0, 0.1) is 0 Å². The van der Waals surface area contributed by atoms with E-state index in [0.717, 1.165) is 26.1 Å². The Morgan fingerprint density at radius 2 is 0.906 bits per heavy atom. The summed E-state index contributed by atoms with van der Waals surface area (Å²) in [6.45, 7) is 3.30. The molecule has 3 aromatic rings. The fourth-order valence-electron chi connectivity index (χ4n) is 4.90. The van der Waals surface area contributed by atoms with Crippen LogP contribution in [0.25, 0.3) is 0 Å². The van der Waals surface area contributed by atoms with Crippen molar-refractivity contribution in [1.82, 2.24) is 0 Å². The van der Waals surface area contributed by atoms with Crippen molar-refractivity contribution in [3.05, 3.63) is 105 Å². The van der Waals surface area contributed by atoms with E-state index in [1.807, 2.05) is 36.4 Å². The molecule has 4 heteroatoms. The normalized spacial score (nSPS) is 12.2. The molecule has 0 aliphatic carbocycles. The van der Waals surface area contributed by atoms with Gasteiger partial charge in [-0.1, -0.05) is 97.4 Å². The van der Waals surface area contributed by atoms with Crippen LogP contribution >= 0.6 is 34.8 Å². The first-order chi connectivity index (χ1) is 15.3. The van der Waals surface area contributed by atoms with Gasteiger partial charge in [-0.05, 0) is 49.2 Å². The topological polar surface area (TPSA) is 0 Å². The Morgan fingerprint density at radius 1 is 0.562 bits per heavy atom. The lowest BCUT2D eigenvalue weighted by Crippen LogP contribution is -2.59.